The minimum atomic E-state index is -0.271. The van der Waals surface area contributed by atoms with Gasteiger partial charge in [-0.25, -0.2) is 4.39 Å². The highest BCUT2D eigenvalue weighted by molar-refractivity contribution is 5.89. The molecule has 1 fully saturated rings. The van der Waals surface area contributed by atoms with Gasteiger partial charge in [0.25, 0.3) is 0 Å². The number of rotatable bonds is 3. The van der Waals surface area contributed by atoms with Crippen LogP contribution >= 0.6 is 0 Å². The SMILES string of the molecule is O=C(Cc1c[nH]c2ccc(F)cc12)NC1CCCCCC1. The Morgan fingerprint density at radius 2 is 2.00 bits per heavy atom. The third-order valence-electron chi connectivity index (χ3n) is 4.30. The van der Waals surface area contributed by atoms with Crippen LogP contribution < -0.4 is 5.32 Å². The van der Waals surface area contributed by atoms with E-state index in [4.69, 9.17) is 0 Å². The molecule has 0 bridgehead atoms. The minimum Gasteiger partial charge on any atom is -0.361 e. The predicted octanol–water partition coefficient (Wildman–Crippen LogP) is 3.69. The van der Waals surface area contributed by atoms with Crippen molar-refractivity contribution in [2.75, 3.05) is 0 Å². The molecule has 0 atom stereocenters. The normalized spacial score (nSPS) is 16.8. The van der Waals surface area contributed by atoms with E-state index in [0.29, 0.717) is 12.5 Å². The summed E-state index contributed by atoms with van der Waals surface area (Å²) < 4.78 is 13.3. The summed E-state index contributed by atoms with van der Waals surface area (Å²) in [7, 11) is 0. The van der Waals surface area contributed by atoms with Crippen molar-refractivity contribution in [3.8, 4) is 0 Å². The summed E-state index contributed by atoms with van der Waals surface area (Å²) in [6.07, 6.45) is 9.20. The van der Waals surface area contributed by atoms with Crippen LogP contribution in [0.3, 0.4) is 0 Å². The zero-order valence-electron chi connectivity index (χ0n) is 12.1. The lowest BCUT2D eigenvalue weighted by molar-refractivity contribution is -0.121. The highest BCUT2D eigenvalue weighted by Crippen LogP contribution is 2.21. The first-order valence-electron chi connectivity index (χ1n) is 7.77. The van der Waals surface area contributed by atoms with Gasteiger partial charge in [-0.15, -0.1) is 0 Å². The number of H-pyrrole nitrogens is 1. The van der Waals surface area contributed by atoms with Crippen LogP contribution in [-0.2, 0) is 11.2 Å². The Morgan fingerprint density at radius 3 is 2.76 bits per heavy atom. The highest BCUT2D eigenvalue weighted by Gasteiger charge is 2.16. The van der Waals surface area contributed by atoms with E-state index in [2.05, 4.69) is 10.3 Å². The van der Waals surface area contributed by atoms with Crippen LogP contribution in [0.25, 0.3) is 10.9 Å². The number of amides is 1. The van der Waals surface area contributed by atoms with Gasteiger partial charge in [0, 0.05) is 23.1 Å². The number of aromatic amines is 1. The van der Waals surface area contributed by atoms with Crippen molar-refractivity contribution < 1.29 is 9.18 Å². The molecule has 21 heavy (non-hydrogen) atoms. The maximum absolute atomic E-state index is 13.3. The van der Waals surface area contributed by atoms with Crippen LogP contribution in [0.15, 0.2) is 24.4 Å². The number of fused-ring (bicyclic) bond motifs is 1. The molecule has 3 nitrogen and oxygen atoms in total. The van der Waals surface area contributed by atoms with Crippen molar-refractivity contribution in [2.24, 2.45) is 0 Å². The molecule has 1 saturated carbocycles. The van der Waals surface area contributed by atoms with Gasteiger partial charge >= 0.3 is 0 Å². The first-order valence-corrected chi connectivity index (χ1v) is 7.77. The van der Waals surface area contributed by atoms with E-state index >= 15 is 0 Å². The number of nitrogens with one attached hydrogen (secondary N) is 2. The second-order valence-corrected chi connectivity index (χ2v) is 5.94. The first-order chi connectivity index (χ1) is 10.2. The predicted molar refractivity (Wildman–Crippen MR) is 81.6 cm³/mol. The lowest BCUT2D eigenvalue weighted by Crippen LogP contribution is -2.35. The third-order valence-corrected chi connectivity index (χ3v) is 4.30. The second-order valence-electron chi connectivity index (χ2n) is 5.94. The summed E-state index contributed by atoms with van der Waals surface area (Å²) in [6, 6.07) is 4.92. The van der Waals surface area contributed by atoms with Crippen molar-refractivity contribution in [2.45, 2.75) is 51.0 Å². The first kappa shape index (κ1) is 14.1. The van der Waals surface area contributed by atoms with Gasteiger partial charge in [0.05, 0.1) is 6.42 Å². The van der Waals surface area contributed by atoms with Gasteiger partial charge in [0.15, 0.2) is 0 Å². The minimum absolute atomic E-state index is 0.0343. The molecular weight excluding hydrogens is 267 g/mol. The van der Waals surface area contributed by atoms with Crippen molar-refractivity contribution >= 4 is 16.8 Å². The monoisotopic (exact) mass is 288 g/mol. The fourth-order valence-corrected chi connectivity index (χ4v) is 3.17. The summed E-state index contributed by atoms with van der Waals surface area (Å²) in [5, 5.41) is 3.93. The fraction of sp³-hybridized carbons (Fsp3) is 0.471. The van der Waals surface area contributed by atoms with Gasteiger partial charge in [-0.3, -0.25) is 4.79 Å². The van der Waals surface area contributed by atoms with E-state index in [1.54, 1.807) is 12.3 Å². The highest BCUT2D eigenvalue weighted by atomic mass is 19.1. The summed E-state index contributed by atoms with van der Waals surface area (Å²) in [5.41, 5.74) is 1.73. The van der Waals surface area contributed by atoms with Gasteiger partial charge in [-0.2, -0.15) is 0 Å². The van der Waals surface area contributed by atoms with Crippen LogP contribution in [0.2, 0.25) is 0 Å². The standard InChI is InChI=1S/C17H21FN2O/c18-13-7-8-16-15(10-13)12(11-19-16)9-17(21)20-14-5-3-1-2-4-6-14/h7-8,10-11,14,19H,1-6,9H2,(H,20,21). The molecule has 4 heteroatoms. The van der Waals surface area contributed by atoms with E-state index < -0.39 is 0 Å². The largest absolute Gasteiger partial charge is 0.361 e. The zero-order valence-corrected chi connectivity index (χ0v) is 12.1. The van der Waals surface area contributed by atoms with Gasteiger partial charge in [0.2, 0.25) is 5.91 Å². The molecule has 0 aliphatic heterocycles. The van der Waals surface area contributed by atoms with Gasteiger partial charge in [0.1, 0.15) is 5.82 Å². The summed E-state index contributed by atoms with van der Waals surface area (Å²) >= 11 is 0. The molecule has 2 aromatic rings. The Labute approximate surface area is 123 Å². The quantitative estimate of drug-likeness (QED) is 0.831. The third kappa shape index (κ3) is 3.43. The number of halogens is 1. The fourth-order valence-electron chi connectivity index (χ4n) is 3.17. The van der Waals surface area contributed by atoms with Crippen LogP contribution in [0.5, 0.6) is 0 Å². The molecule has 2 N–H and O–H groups in total. The Hall–Kier alpha value is -1.84. The number of carbonyl (C=O) groups excluding carboxylic acids is 1. The smallest absolute Gasteiger partial charge is 0.224 e. The van der Waals surface area contributed by atoms with Gasteiger partial charge < -0.3 is 10.3 Å². The number of hydrogen-bond acceptors (Lipinski definition) is 1. The topological polar surface area (TPSA) is 44.9 Å². The molecule has 1 aliphatic rings. The maximum atomic E-state index is 13.3. The zero-order chi connectivity index (χ0) is 14.7. The number of hydrogen-bond donors (Lipinski definition) is 2. The number of aromatic nitrogens is 1. The van der Waals surface area contributed by atoms with Crippen molar-refractivity contribution in [3.05, 3.63) is 35.8 Å². The Bertz CT molecular complexity index is 627. The molecule has 1 aliphatic carbocycles. The van der Waals surface area contributed by atoms with E-state index in [9.17, 15) is 9.18 Å². The summed E-state index contributed by atoms with van der Waals surface area (Å²) in [5.74, 6) is -0.236. The molecule has 1 amide bonds. The average molecular weight is 288 g/mol. The molecule has 0 spiro atoms. The van der Waals surface area contributed by atoms with E-state index in [1.807, 2.05) is 0 Å². The second kappa shape index (κ2) is 6.29. The number of carbonyl (C=O) groups is 1. The van der Waals surface area contributed by atoms with E-state index in [0.717, 1.165) is 29.3 Å². The van der Waals surface area contributed by atoms with E-state index in [1.165, 1.54) is 37.8 Å². The lowest BCUT2D eigenvalue weighted by Gasteiger charge is -2.16. The molecule has 1 heterocycles. The Balaban J connectivity index is 1.67. The van der Waals surface area contributed by atoms with Crippen LogP contribution in [0.1, 0.15) is 44.1 Å². The lowest BCUT2D eigenvalue weighted by atomic mass is 10.1. The molecule has 0 saturated heterocycles. The summed E-state index contributed by atoms with van der Waals surface area (Å²) in [4.78, 5) is 15.3. The van der Waals surface area contributed by atoms with Crippen LogP contribution in [0.4, 0.5) is 4.39 Å². The molecule has 112 valence electrons. The molecule has 0 radical (unpaired) electrons. The van der Waals surface area contributed by atoms with Gasteiger partial charge in [-0.1, -0.05) is 25.7 Å². The Kier molecular flexibility index (Phi) is 4.23. The Morgan fingerprint density at radius 1 is 1.24 bits per heavy atom. The van der Waals surface area contributed by atoms with Crippen molar-refractivity contribution in [3.63, 3.8) is 0 Å². The van der Waals surface area contributed by atoms with Crippen molar-refractivity contribution in [1.82, 2.24) is 10.3 Å². The van der Waals surface area contributed by atoms with E-state index in [-0.39, 0.29) is 11.7 Å². The average Bonchev–Trinajstić information content (AvgIpc) is 2.68. The molecule has 3 rings (SSSR count). The number of benzene rings is 1. The summed E-state index contributed by atoms with van der Waals surface area (Å²) in [6.45, 7) is 0. The molecule has 0 unspecified atom stereocenters. The van der Waals surface area contributed by atoms with Crippen LogP contribution in [-0.4, -0.2) is 16.9 Å². The maximum Gasteiger partial charge on any atom is 0.224 e. The molecule has 1 aromatic carbocycles. The molecular formula is C17H21FN2O. The van der Waals surface area contributed by atoms with Gasteiger partial charge in [-0.05, 0) is 36.6 Å². The van der Waals surface area contributed by atoms with Crippen molar-refractivity contribution in [1.29, 1.82) is 0 Å². The van der Waals surface area contributed by atoms with Crippen LogP contribution in [0, 0.1) is 5.82 Å². The molecule has 1 aromatic heterocycles.